The van der Waals surface area contributed by atoms with Crippen LogP contribution in [0.3, 0.4) is 0 Å². The van der Waals surface area contributed by atoms with Gasteiger partial charge in [0.05, 0.1) is 25.2 Å². The van der Waals surface area contributed by atoms with E-state index in [4.69, 9.17) is 4.74 Å². The van der Waals surface area contributed by atoms with E-state index in [0.29, 0.717) is 19.3 Å². The van der Waals surface area contributed by atoms with Gasteiger partial charge in [-0.05, 0) is 70.6 Å². The van der Waals surface area contributed by atoms with Crippen LogP contribution >= 0.6 is 0 Å². The van der Waals surface area contributed by atoms with Crippen LogP contribution in [0.2, 0.25) is 0 Å². The number of aliphatic hydroxyl groups excluding tert-OH is 2. The van der Waals surface area contributed by atoms with Gasteiger partial charge in [0.2, 0.25) is 5.91 Å². The van der Waals surface area contributed by atoms with Gasteiger partial charge in [0.15, 0.2) is 0 Å². The zero-order valence-corrected chi connectivity index (χ0v) is 41.4. The van der Waals surface area contributed by atoms with E-state index in [1.54, 1.807) is 0 Å². The zero-order chi connectivity index (χ0) is 45.9. The Morgan fingerprint density at radius 1 is 0.492 bits per heavy atom. The normalized spacial score (nSPS) is 13.8. The summed E-state index contributed by atoms with van der Waals surface area (Å²) in [5.74, 6) is -0.589. The van der Waals surface area contributed by atoms with Crippen molar-refractivity contribution in [3.63, 3.8) is 0 Å². The van der Waals surface area contributed by atoms with E-state index in [1.807, 2.05) is 12.2 Å². The predicted molar refractivity (Wildman–Crippen MR) is 273 cm³/mol. The van der Waals surface area contributed by atoms with Gasteiger partial charge in [-0.25, -0.2) is 0 Å². The molecule has 63 heavy (non-hydrogen) atoms. The number of carbonyl (C=O) groups is 2. The van der Waals surface area contributed by atoms with Gasteiger partial charge in [-0.1, -0.05) is 235 Å². The maximum atomic E-state index is 13.2. The second-order valence-electron chi connectivity index (χ2n) is 17.9. The first-order valence-corrected chi connectivity index (χ1v) is 26.7. The van der Waals surface area contributed by atoms with Gasteiger partial charge in [0.1, 0.15) is 6.10 Å². The lowest BCUT2D eigenvalue weighted by atomic mass is 10.0. The number of unbranched alkanes of at least 4 members (excludes halogenated alkanes) is 24. The Labute approximate surface area is 390 Å². The summed E-state index contributed by atoms with van der Waals surface area (Å²) in [5.41, 5.74) is 0. The van der Waals surface area contributed by atoms with Crippen LogP contribution < -0.4 is 5.32 Å². The van der Waals surface area contributed by atoms with Crippen molar-refractivity contribution < 1.29 is 24.5 Å². The van der Waals surface area contributed by atoms with Crippen molar-refractivity contribution in [3.8, 4) is 0 Å². The minimum atomic E-state index is -0.815. The number of carbonyl (C=O) groups excluding carboxylic acids is 2. The Morgan fingerprint density at radius 2 is 0.889 bits per heavy atom. The molecule has 6 heteroatoms. The predicted octanol–water partition coefficient (Wildman–Crippen LogP) is 16.2. The van der Waals surface area contributed by atoms with Crippen LogP contribution in [0.4, 0.5) is 0 Å². The summed E-state index contributed by atoms with van der Waals surface area (Å²) in [5, 5.41) is 23.7. The highest BCUT2D eigenvalue weighted by Gasteiger charge is 2.23. The van der Waals surface area contributed by atoms with Crippen LogP contribution in [-0.4, -0.2) is 46.9 Å². The molecule has 0 aliphatic carbocycles. The second-order valence-corrected chi connectivity index (χ2v) is 17.9. The molecule has 0 saturated heterocycles. The summed E-state index contributed by atoms with van der Waals surface area (Å²) in [6, 6.07) is -0.735. The first kappa shape index (κ1) is 60.3. The standard InChI is InChI=1S/C57H101NO5/c1-4-7-10-13-16-19-22-24-26-27-28-30-32-35-38-41-44-47-50-57(62)63-53(48-45-42-39-36-34-31-29-25-23-20-17-14-11-8-5-2)51-56(61)58-54(52-59)55(60)49-46-43-40-37-33-21-18-15-12-9-6-3/h8,11,17,20,25,28-30,34,36,42,45,53-55,59-60H,4-7,9-10,12-16,18-19,21-24,26-27,31-33,35,37-41,43-44,46-52H2,1-3H3,(H,58,61)/b11-8-,20-17-,29-25-,30-28+,36-34-,45-42-. The number of esters is 1. The Bertz CT molecular complexity index is 1170. The van der Waals surface area contributed by atoms with Crippen molar-refractivity contribution in [3.05, 3.63) is 72.9 Å². The molecule has 0 saturated carbocycles. The minimum Gasteiger partial charge on any atom is -0.461 e. The molecule has 0 aromatic rings. The number of hydrogen-bond donors (Lipinski definition) is 3. The molecule has 0 aliphatic heterocycles. The largest absolute Gasteiger partial charge is 0.461 e. The number of allylic oxidation sites excluding steroid dienone is 11. The van der Waals surface area contributed by atoms with E-state index in [9.17, 15) is 19.8 Å². The van der Waals surface area contributed by atoms with Gasteiger partial charge in [-0.3, -0.25) is 9.59 Å². The Hall–Kier alpha value is -2.70. The van der Waals surface area contributed by atoms with E-state index < -0.39 is 18.2 Å². The molecule has 6 nitrogen and oxygen atoms in total. The molecule has 0 fully saturated rings. The Morgan fingerprint density at radius 3 is 1.33 bits per heavy atom. The average molecular weight is 880 g/mol. The molecule has 0 aromatic carbocycles. The van der Waals surface area contributed by atoms with Crippen LogP contribution in [0, 0.1) is 0 Å². The lowest BCUT2D eigenvalue weighted by molar-refractivity contribution is -0.150. The molecule has 3 unspecified atom stereocenters. The smallest absolute Gasteiger partial charge is 0.306 e. The van der Waals surface area contributed by atoms with Crippen molar-refractivity contribution in [2.45, 2.75) is 270 Å². The molecule has 0 spiro atoms. The lowest BCUT2D eigenvalue weighted by Gasteiger charge is -2.24. The van der Waals surface area contributed by atoms with Crippen LogP contribution in [0.15, 0.2) is 72.9 Å². The Kier molecular flexibility index (Phi) is 48.1. The molecule has 0 heterocycles. The molecular formula is C57H101NO5. The third-order valence-corrected chi connectivity index (χ3v) is 11.8. The number of rotatable bonds is 47. The lowest BCUT2D eigenvalue weighted by Crippen LogP contribution is -2.46. The molecule has 3 atom stereocenters. The van der Waals surface area contributed by atoms with Gasteiger partial charge in [-0.15, -0.1) is 0 Å². The number of amides is 1. The number of ether oxygens (including phenoxy) is 1. The summed E-state index contributed by atoms with van der Waals surface area (Å²) in [6.45, 7) is 6.34. The average Bonchev–Trinajstić information content (AvgIpc) is 3.28. The van der Waals surface area contributed by atoms with E-state index in [-0.39, 0.29) is 24.9 Å². The monoisotopic (exact) mass is 880 g/mol. The fourth-order valence-electron chi connectivity index (χ4n) is 7.74. The summed E-state index contributed by atoms with van der Waals surface area (Å²) >= 11 is 0. The first-order valence-electron chi connectivity index (χ1n) is 26.7. The maximum absolute atomic E-state index is 13.2. The Balaban J connectivity index is 4.69. The van der Waals surface area contributed by atoms with E-state index in [1.165, 1.54) is 128 Å². The number of aliphatic hydroxyl groups is 2. The summed E-state index contributed by atoms with van der Waals surface area (Å²) < 4.78 is 5.87. The van der Waals surface area contributed by atoms with Gasteiger partial charge >= 0.3 is 5.97 Å². The molecule has 3 N–H and O–H groups in total. The van der Waals surface area contributed by atoms with Crippen molar-refractivity contribution in [1.29, 1.82) is 0 Å². The third-order valence-electron chi connectivity index (χ3n) is 11.8. The fourth-order valence-corrected chi connectivity index (χ4v) is 7.74. The molecule has 1 amide bonds. The maximum Gasteiger partial charge on any atom is 0.306 e. The minimum absolute atomic E-state index is 0.00560. The van der Waals surface area contributed by atoms with Gasteiger partial charge in [0, 0.05) is 12.8 Å². The highest BCUT2D eigenvalue weighted by molar-refractivity contribution is 5.77. The summed E-state index contributed by atoms with van der Waals surface area (Å²) in [6.07, 6.45) is 64.1. The van der Waals surface area contributed by atoms with Crippen molar-refractivity contribution in [1.82, 2.24) is 5.32 Å². The van der Waals surface area contributed by atoms with Gasteiger partial charge < -0.3 is 20.3 Å². The van der Waals surface area contributed by atoms with Crippen molar-refractivity contribution >= 4 is 11.9 Å². The van der Waals surface area contributed by atoms with Gasteiger partial charge in [-0.2, -0.15) is 0 Å². The van der Waals surface area contributed by atoms with Gasteiger partial charge in [0.25, 0.3) is 0 Å². The van der Waals surface area contributed by atoms with E-state index in [2.05, 4.69) is 86.8 Å². The quantitative estimate of drug-likeness (QED) is 0.0321. The van der Waals surface area contributed by atoms with Crippen LogP contribution in [0.5, 0.6) is 0 Å². The summed E-state index contributed by atoms with van der Waals surface area (Å²) in [4.78, 5) is 26.1. The molecule has 0 bridgehead atoms. The molecule has 0 rings (SSSR count). The van der Waals surface area contributed by atoms with Crippen LogP contribution in [0.25, 0.3) is 0 Å². The fraction of sp³-hybridized carbons (Fsp3) is 0.754. The molecule has 0 aliphatic rings. The number of hydrogen-bond acceptors (Lipinski definition) is 5. The highest BCUT2D eigenvalue weighted by Crippen LogP contribution is 2.16. The number of nitrogens with one attached hydrogen (secondary N) is 1. The van der Waals surface area contributed by atoms with E-state index >= 15 is 0 Å². The highest BCUT2D eigenvalue weighted by atomic mass is 16.5. The SMILES string of the molecule is CC/C=C\C/C=C\C/C=C\C/C=C\C/C=C\CC(CC(=O)NC(CO)C(O)CCCCCCCCCCCCC)OC(=O)CCCCCCC/C=C/CCCCCCCCCCC. The van der Waals surface area contributed by atoms with Crippen LogP contribution in [-0.2, 0) is 14.3 Å². The molecular weight excluding hydrogens is 779 g/mol. The van der Waals surface area contributed by atoms with E-state index in [0.717, 1.165) is 77.0 Å². The van der Waals surface area contributed by atoms with Crippen LogP contribution in [0.1, 0.15) is 252 Å². The molecule has 0 aromatic heterocycles. The molecule has 364 valence electrons. The van der Waals surface area contributed by atoms with Crippen molar-refractivity contribution in [2.24, 2.45) is 0 Å². The first-order chi connectivity index (χ1) is 31.0. The third kappa shape index (κ3) is 45.7. The molecule has 0 radical (unpaired) electrons. The zero-order valence-electron chi connectivity index (χ0n) is 41.4. The van der Waals surface area contributed by atoms with Crippen molar-refractivity contribution in [2.75, 3.05) is 6.61 Å². The topological polar surface area (TPSA) is 95.9 Å². The summed E-state index contributed by atoms with van der Waals surface area (Å²) in [7, 11) is 0. The second kappa shape index (κ2) is 50.3.